The predicted molar refractivity (Wildman–Crippen MR) is 69.0 cm³/mol. The van der Waals surface area contributed by atoms with Gasteiger partial charge < -0.3 is 15.4 Å². The lowest BCUT2D eigenvalue weighted by molar-refractivity contribution is 0.0288. The summed E-state index contributed by atoms with van der Waals surface area (Å²) in [7, 11) is -3.08. The molecular weight excluding hydrogens is 256 g/mol. The minimum Gasteiger partial charge on any atom is -0.444 e. The molecule has 0 radical (unpaired) electrons. The maximum atomic E-state index is 11.8. The molecule has 106 valence electrons. The molecule has 6 nitrogen and oxygen atoms in total. The highest BCUT2D eigenvalue weighted by molar-refractivity contribution is 7.90. The van der Waals surface area contributed by atoms with E-state index in [0.29, 0.717) is 13.1 Å². The Balaban J connectivity index is 2.61. The fraction of sp³-hybridized carbons (Fsp3) is 0.909. The maximum absolute atomic E-state index is 11.8. The van der Waals surface area contributed by atoms with Crippen molar-refractivity contribution in [2.45, 2.75) is 32.4 Å². The summed E-state index contributed by atoms with van der Waals surface area (Å²) < 4.78 is 27.7. The molecule has 2 atom stereocenters. The molecule has 1 aliphatic rings. The van der Waals surface area contributed by atoms with Gasteiger partial charge in [0.25, 0.3) is 0 Å². The number of amides is 1. The quantitative estimate of drug-likeness (QED) is 0.780. The summed E-state index contributed by atoms with van der Waals surface area (Å²) >= 11 is 0. The smallest absolute Gasteiger partial charge is 0.410 e. The maximum Gasteiger partial charge on any atom is 0.410 e. The van der Waals surface area contributed by atoms with Crippen molar-refractivity contribution < 1.29 is 17.9 Å². The van der Waals surface area contributed by atoms with Gasteiger partial charge in [-0.25, -0.2) is 13.2 Å². The Morgan fingerprint density at radius 2 is 1.94 bits per heavy atom. The van der Waals surface area contributed by atoms with Gasteiger partial charge >= 0.3 is 6.09 Å². The topological polar surface area (TPSA) is 89.7 Å². The van der Waals surface area contributed by atoms with Gasteiger partial charge in [0.1, 0.15) is 15.4 Å². The van der Waals surface area contributed by atoms with Crippen molar-refractivity contribution in [2.24, 2.45) is 11.7 Å². The summed E-state index contributed by atoms with van der Waals surface area (Å²) in [6.45, 7) is 6.04. The van der Waals surface area contributed by atoms with Gasteiger partial charge in [0.05, 0.1) is 5.75 Å². The minimum absolute atomic E-state index is 0.00741. The molecule has 2 N–H and O–H groups in total. The lowest BCUT2D eigenvalue weighted by Gasteiger charge is -2.24. The molecule has 1 heterocycles. The predicted octanol–water partition coefficient (Wildman–Crippen LogP) is 0.225. The van der Waals surface area contributed by atoms with Crippen LogP contribution >= 0.6 is 0 Å². The molecule has 0 aromatic carbocycles. The van der Waals surface area contributed by atoms with Gasteiger partial charge in [0.15, 0.2) is 0 Å². The third-order valence-corrected chi connectivity index (χ3v) is 3.69. The lowest BCUT2D eigenvalue weighted by Crippen LogP contribution is -2.36. The summed E-state index contributed by atoms with van der Waals surface area (Å²) in [6.07, 6.45) is 0.740. The number of hydrogen-bond acceptors (Lipinski definition) is 5. The highest BCUT2D eigenvalue weighted by atomic mass is 32.2. The third-order valence-electron chi connectivity index (χ3n) is 2.66. The molecular formula is C11H22N2O4S. The number of carbonyl (C=O) groups is 1. The number of carbonyl (C=O) groups excluding carboxylic acids is 1. The summed E-state index contributed by atoms with van der Waals surface area (Å²) in [5, 5.41) is 0. The van der Waals surface area contributed by atoms with Crippen molar-refractivity contribution in [3.8, 4) is 0 Å². The molecule has 1 amide bonds. The summed E-state index contributed by atoms with van der Waals surface area (Å²) in [5.41, 5.74) is 5.30. The molecule has 0 aromatic rings. The van der Waals surface area contributed by atoms with Crippen LogP contribution in [0, 0.1) is 5.92 Å². The zero-order valence-corrected chi connectivity index (χ0v) is 12.2. The number of nitrogens with two attached hydrogens (primary N) is 1. The van der Waals surface area contributed by atoms with Gasteiger partial charge in [-0.3, -0.25) is 0 Å². The Labute approximate surface area is 108 Å². The Morgan fingerprint density at radius 1 is 1.39 bits per heavy atom. The van der Waals surface area contributed by atoms with Crippen molar-refractivity contribution in [1.29, 1.82) is 0 Å². The Bertz CT molecular complexity index is 413. The summed E-state index contributed by atoms with van der Waals surface area (Å²) in [5.74, 6) is -0.208. The zero-order valence-electron chi connectivity index (χ0n) is 11.3. The van der Waals surface area contributed by atoms with Gasteiger partial charge in [0, 0.05) is 31.3 Å². The number of sulfone groups is 1. The van der Waals surface area contributed by atoms with E-state index in [1.807, 2.05) is 0 Å². The van der Waals surface area contributed by atoms with Gasteiger partial charge in [-0.1, -0.05) is 0 Å². The van der Waals surface area contributed by atoms with Crippen LogP contribution in [0.15, 0.2) is 0 Å². The van der Waals surface area contributed by atoms with Crippen LogP contribution in [0.4, 0.5) is 4.79 Å². The molecule has 18 heavy (non-hydrogen) atoms. The van der Waals surface area contributed by atoms with Crippen LogP contribution < -0.4 is 5.73 Å². The van der Waals surface area contributed by atoms with E-state index < -0.39 is 21.5 Å². The van der Waals surface area contributed by atoms with E-state index in [2.05, 4.69) is 0 Å². The second-order valence-electron chi connectivity index (χ2n) is 5.90. The summed E-state index contributed by atoms with van der Waals surface area (Å²) in [4.78, 5) is 13.3. The van der Waals surface area contributed by atoms with Crippen LogP contribution in [0.1, 0.15) is 20.8 Å². The Morgan fingerprint density at radius 3 is 2.39 bits per heavy atom. The Hall–Kier alpha value is -0.820. The van der Waals surface area contributed by atoms with Crippen molar-refractivity contribution in [1.82, 2.24) is 4.90 Å². The molecule has 0 aliphatic carbocycles. The first kappa shape index (κ1) is 15.2. The van der Waals surface area contributed by atoms with E-state index in [1.165, 1.54) is 11.2 Å². The molecule has 0 bridgehead atoms. The van der Waals surface area contributed by atoms with Crippen molar-refractivity contribution >= 4 is 15.9 Å². The van der Waals surface area contributed by atoms with Crippen LogP contribution in [0.25, 0.3) is 0 Å². The first-order valence-corrected chi connectivity index (χ1v) is 7.95. The molecule has 1 fully saturated rings. The second-order valence-corrected chi connectivity index (χ2v) is 8.09. The highest BCUT2D eigenvalue weighted by Gasteiger charge is 2.36. The fourth-order valence-corrected chi connectivity index (χ4v) is 3.07. The van der Waals surface area contributed by atoms with Crippen molar-refractivity contribution in [3.05, 3.63) is 0 Å². The molecule has 0 aromatic heterocycles. The Kier molecular flexibility index (Phi) is 4.27. The standard InChI is InChI=1S/C11H22N2O4S/c1-11(2,3)17-10(14)13-5-8(9(12)6-13)7-18(4,15)16/h8-9H,5-7,12H2,1-4H3/t8-,9-/m1/s1. The SMILES string of the molecule is CC(C)(C)OC(=O)N1C[C@H](CS(C)(=O)=O)[C@H](N)C1. The van der Waals surface area contributed by atoms with Crippen molar-refractivity contribution in [3.63, 3.8) is 0 Å². The largest absolute Gasteiger partial charge is 0.444 e. The van der Waals surface area contributed by atoms with Gasteiger partial charge in [-0.2, -0.15) is 0 Å². The summed E-state index contributed by atoms with van der Waals surface area (Å²) in [6, 6.07) is -0.313. The monoisotopic (exact) mass is 278 g/mol. The zero-order chi connectivity index (χ0) is 14.1. The van der Waals surface area contributed by atoms with Gasteiger partial charge in [-0.05, 0) is 20.8 Å². The number of hydrogen-bond donors (Lipinski definition) is 1. The first-order chi connectivity index (χ1) is 7.98. The van der Waals surface area contributed by atoms with Gasteiger partial charge in [0.2, 0.25) is 0 Å². The average molecular weight is 278 g/mol. The van der Waals surface area contributed by atoms with Crippen LogP contribution in [0.5, 0.6) is 0 Å². The molecule has 0 spiro atoms. The number of nitrogens with zero attached hydrogens (tertiary/aromatic N) is 1. The first-order valence-electron chi connectivity index (χ1n) is 5.89. The van der Waals surface area contributed by atoms with Crippen LogP contribution in [0.3, 0.4) is 0 Å². The molecule has 1 saturated heterocycles. The van der Waals surface area contributed by atoms with E-state index in [9.17, 15) is 13.2 Å². The van der Waals surface area contributed by atoms with E-state index in [0.717, 1.165) is 0 Å². The highest BCUT2D eigenvalue weighted by Crippen LogP contribution is 2.20. The molecule has 1 aliphatic heterocycles. The van der Waals surface area contributed by atoms with E-state index in [4.69, 9.17) is 10.5 Å². The normalized spacial score (nSPS) is 25.3. The lowest BCUT2D eigenvalue weighted by atomic mass is 10.1. The van der Waals surface area contributed by atoms with Crippen LogP contribution in [-0.2, 0) is 14.6 Å². The van der Waals surface area contributed by atoms with E-state index >= 15 is 0 Å². The minimum atomic E-state index is -3.08. The molecule has 0 saturated carbocycles. The van der Waals surface area contributed by atoms with Gasteiger partial charge in [-0.15, -0.1) is 0 Å². The second kappa shape index (κ2) is 5.05. The molecule has 1 rings (SSSR count). The van der Waals surface area contributed by atoms with E-state index in [1.54, 1.807) is 20.8 Å². The third kappa shape index (κ3) is 4.81. The number of rotatable bonds is 2. The van der Waals surface area contributed by atoms with Crippen molar-refractivity contribution in [2.75, 3.05) is 25.1 Å². The number of ether oxygens (including phenoxy) is 1. The molecule has 7 heteroatoms. The van der Waals surface area contributed by atoms with Crippen LogP contribution in [-0.4, -0.2) is 56.2 Å². The number of likely N-dealkylation sites (tertiary alicyclic amines) is 1. The molecule has 0 unspecified atom stereocenters. The average Bonchev–Trinajstić information content (AvgIpc) is 2.42. The fourth-order valence-electron chi connectivity index (χ4n) is 1.94. The van der Waals surface area contributed by atoms with Crippen LogP contribution in [0.2, 0.25) is 0 Å². The van der Waals surface area contributed by atoms with E-state index in [-0.39, 0.29) is 17.7 Å².